The van der Waals surface area contributed by atoms with Gasteiger partial charge in [-0.05, 0) is 72.9 Å². The fraction of sp³-hybridized carbons (Fsp3) is 0.606. The number of carbonyl (C=O) groups is 1. The van der Waals surface area contributed by atoms with Gasteiger partial charge in [0.1, 0.15) is 5.75 Å². The summed E-state index contributed by atoms with van der Waals surface area (Å²) in [7, 11) is 0. The molecular weight excluding hydrogens is 428 g/mol. The molecule has 0 heterocycles. The lowest BCUT2D eigenvalue weighted by Gasteiger charge is -2.38. The van der Waals surface area contributed by atoms with E-state index in [1.54, 1.807) is 0 Å². The molecule has 0 aliphatic heterocycles. The van der Waals surface area contributed by atoms with Crippen LogP contribution in [0.2, 0.25) is 0 Å². The van der Waals surface area contributed by atoms with Crippen LogP contribution < -0.4 is 4.74 Å². The number of carbonyl (C=O) groups excluding carboxylic acids is 1. The monoisotopic (exact) mass is 476 g/mol. The summed E-state index contributed by atoms with van der Waals surface area (Å²) >= 11 is 0. The molecule has 2 aromatic carbocycles. The molecule has 192 valence electrons. The van der Waals surface area contributed by atoms with E-state index in [1.165, 1.54) is 114 Å². The lowest BCUT2D eigenvalue weighted by Crippen LogP contribution is -2.29. The van der Waals surface area contributed by atoms with Gasteiger partial charge in [-0.15, -0.1) is 0 Å². The third kappa shape index (κ3) is 8.81. The summed E-state index contributed by atoms with van der Waals surface area (Å²) in [4.78, 5) is 12.7. The molecule has 0 aromatic heterocycles. The van der Waals surface area contributed by atoms with Crippen LogP contribution in [0, 0.1) is 0 Å². The Morgan fingerprint density at radius 3 is 1.94 bits per heavy atom. The zero-order chi connectivity index (χ0) is 24.8. The zero-order valence-corrected chi connectivity index (χ0v) is 22.5. The van der Waals surface area contributed by atoms with Gasteiger partial charge in [-0.25, -0.2) is 4.79 Å². The van der Waals surface area contributed by atoms with Gasteiger partial charge in [-0.2, -0.15) is 0 Å². The lowest BCUT2D eigenvalue weighted by atomic mass is 9.66. The Kier molecular flexibility index (Phi) is 11.9. The van der Waals surface area contributed by atoms with Crippen LogP contribution in [-0.2, 0) is 11.8 Å². The molecule has 0 amide bonds. The van der Waals surface area contributed by atoms with E-state index in [-0.39, 0.29) is 5.97 Å². The van der Waals surface area contributed by atoms with Crippen molar-refractivity contribution in [3.63, 3.8) is 0 Å². The Hall–Kier alpha value is -2.09. The number of esters is 1. The average Bonchev–Trinajstić information content (AvgIpc) is 2.90. The van der Waals surface area contributed by atoms with E-state index >= 15 is 0 Å². The number of benzene rings is 2. The van der Waals surface area contributed by atoms with Crippen LogP contribution in [0.1, 0.15) is 138 Å². The van der Waals surface area contributed by atoms with Crippen molar-refractivity contribution in [3.8, 4) is 5.75 Å². The number of hydrogen-bond acceptors (Lipinski definition) is 2. The molecule has 35 heavy (non-hydrogen) atoms. The molecular formula is C33H48O2. The van der Waals surface area contributed by atoms with Crippen LogP contribution in [0.3, 0.4) is 0 Å². The maximum absolute atomic E-state index is 12.7. The molecule has 3 rings (SSSR count). The molecule has 0 atom stereocenters. The minimum atomic E-state index is -0.268. The molecule has 2 nitrogen and oxygen atoms in total. The second-order valence-corrected chi connectivity index (χ2v) is 10.8. The Labute approximate surface area is 214 Å². The minimum Gasteiger partial charge on any atom is -0.423 e. The predicted octanol–water partition coefficient (Wildman–Crippen LogP) is 9.98. The average molecular weight is 477 g/mol. The Bertz CT molecular complexity index is 844. The third-order valence-corrected chi connectivity index (χ3v) is 8.01. The minimum absolute atomic E-state index is 0.268. The van der Waals surface area contributed by atoms with Crippen LogP contribution in [0.4, 0.5) is 0 Å². The molecule has 1 fully saturated rings. The Morgan fingerprint density at radius 1 is 0.714 bits per heavy atom. The summed E-state index contributed by atoms with van der Waals surface area (Å²) in [6.45, 7) is 4.53. The van der Waals surface area contributed by atoms with Crippen molar-refractivity contribution >= 4 is 5.97 Å². The molecule has 0 spiro atoms. The van der Waals surface area contributed by atoms with E-state index in [0.29, 0.717) is 16.7 Å². The Morgan fingerprint density at radius 2 is 1.31 bits per heavy atom. The SMILES string of the molecule is CCCCCCCc1ccc(C(=O)Oc2ccc(C3(CCCCCCC)CCCCC3)cc2)cc1. The van der Waals surface area contributed by atoms with Crippen LogP contribution in [0.5, 0.6) is 5.75 Å². The van der Waals surface area contributed by atoms with Gasteiger partial charge in [0.05, 0.1) is 5.56 Å². The summed E-state index contributed by atoms with van der Waals surface area (Å²) in [5.41, 5.74) is 3.68. The molecule has 0 bridgehead atoms. The highest BCUT2D eigenvalue weighted by molar-refractivity contribution is 5.91. The molecule has 0 unspecified atom stereocenters. The van der Waals surface area contributed by atoms with Crippen LogP contribution in [0.15, 0.2) is 48.5 Å². The van der Waals surface area contributed by atoms with Gasteiger partial charge in [-0.1, -0.05) is 115 Å². The normalized spacial score (nSPS) is 15.1. The highest BCUT2D eigenvalue weighted by atomic mass is 16.5. The van der Waals surface area contributed by atoms with Gasteiger partial charge in [-0.3, -0.25) is 0 Å². The van der Waals surface area contributed by atoms with Crippen LogP contribution >= 0.6 is 0 Å². The van der Waals surface area contributed by atoms with E-state index in [0.717, 1.165) is 6.42 Å². The van der Waals surface area contributed by atoms with Crippen LogP contribution in [0.25, 0.3) is 0 Å². The van der Waals surface area contributed by atoms with Gasteiger partial charge in [0.2, 0.25) is 0 Å². The summed E-state index contributed by atoms with van der Waals surface area (Å²) < 4.78 is 5.73. The zero-order valence-electron chi connectivity index (χ0n) is 22.5. The van der Waals surface area contributed by atoms with E-state index in [4.69, 9.17) is 4.74 Å². The third-order valence-electron chi connectivity index (χ3n) is 8.01. The number of ether oxygens (including phenoxy) is 1. The fourth-order valence-corrected chi connectivity index (χ4v) is 5.76. The largest absolute Gasteiger partial charge is 0.423 e. The number of rotatable bonds is 15. The van der Waals surface area contributed by atoms with Gasteiger partial charge in [0, 0.05) is 0 Å². The quantitative estimate of drug-likeness (QED) is 0.145. The van der Waals surface area contributed by atoms with Gasteiger partial charge < -0.3 is 4.74 Å². The molecule has 0 N–H and O–H groups in total. The lowest BCUT2D eigenvalue weighted by molar-refractivity contribution is 0.0734. The summed E-state index contributed by atoms with van der Waals surface area (Å²) in [6, 6.07) is 16.4. The van der Waals surface area contributed by atoms with Crippen molar-refractivity contribution in [3.05, 3.63) is 65.2 Å². The summed E-state index contributed by atoms with van der Waals surface area (Å²) in [6.07, 6.45) is 22.1. The number of hydrogen-bond donors (Lipinski definition) is 0. The van der Waals surface area contributed by atoms with Gasteiger partial charge in [0.25, 0.3) is 0 Å². The van der Waals surface area contributed by atoms with Crippen molar-refractivity contribution in [1.29, 1.82) is 0 Å². The highest BCUT2D eigenvalue weighted by Crippen LogP contribution is 2.43. The first kappa shape index (κ1) is 27.5. The van der Waals surface area contributed by atoms with Crippen molar-refractivity contribution in [2.24, 2.45) is 0 Å². The van der Waals surface area contributed by atoms with E-state index in [2.05, 4.69) is 38.1 Å². The first-order chi connectivity index (χ1) is 17.2. The van der Waals surface area contributed by atoms with Gasteiger partial charge >= 0.3 is 5.97 Å². The maximum atomic E-state index is 12.7. The Balaban J connectivity index is 1.54. The second-order valence-electron chi connectivity index (χ2n) is 10.8. The molecule has 1 saturated carbocycles. The highest BCUT2D eigenvalue weighted by Gasteiger charge is 2.33. The molecule has 1 aliphatic carbocycles. The smallest absolute Gasteiger partial charge is 0.343 e. The molecule has 0 radical (unpaired) electrons. The van der Waals surface area contributed by atoms with Crippen molar-refractivity contribution < 1.29 is 9.53 Å². The molecule has 1 aliphatic rings. The second kappa shape index (κ2) is 15.1. The van der Waals surface area contributed by atoms with E-state index in [9.17, 15) is 4.79 Å². The van der Waals surface area contributed by atoms with Crippen molar-refractivity contribution in [2.45, 2.75) is 128 Å². The van der Waals surface area contributed by atoms with E-state index < -0.39 is 0 Å². The van der Waals surface area contributed by atoms with Gasteiger partial charge in [0.15, 0.2) is 0 Å². The van der Waals surface area contributed by atoms with Crippen LogP contribution in [-0.4, -0.2) is 5.97 Å². The fourth-order valence-electron chi connectivity index (χ4n) is 5.76. The first-order valence-electron chi connectivity index (χ1n) is 14.6. The molecule has 2 aromatic rings. The maximum Gasteiger partial charge on any atom is 0.343 e. The van der Waals surface area contributed by atoms with Crippen molar-refractivity contribution in [1.82, 2.24) is 0 Å². The standard InChI is InChI=1S/C33H48O2/c1-3-5-7-9-12-16-28-17-19-29(20-18-28)32(34)35-31-23-21-30(22-24-31)33(26-14-11-15-27-33)25-13-10-8-6-4-2/h17-24H,3-16,25-27H2,1-2H3. The first-order valence-corrected chi connectivity index (χ1v) is 14.6. The predicted molar refractivity (Wildman–Crippen MR) is 148 cm³/mol. The summed E-state index contributed by atoms with van der Waals surface area (Å²) in [5.74, 6) is 0.378. The summed E-state index contributed by atoms with van der Waals surface area (Å²) in [5, 5.41) is 0. The number of aryl methyl sites for hydroxylation is 1. The molecule has 2 heteroatoms. The van der Waals surface area contributed by atoms with E-state index in [1.807, 2.05) is 24.3 Å². The number of unbranched alkanes of at least 4 members (excludes halogenated alkanes) is 8. The molecule has 0 saturated heterocycles. The van der Waals surface area contributed by atoms with Crippen molar-refractivity contribution in [2.75, 3.05) is 0 Å². The topological polar surface area (TPSA) is 26.3 Å².